The lowest BCUT2D eigenvalue weighted by Crippen LogP contribution is -2.59. The van der Waals surface area contributed by atoms with Crippen LogP contribution in [0, 0.1) is 17.8 Å². The SMILES string of the molecule is C1CN2CCC1CC2C1CN2CCC1CC2. The van der Waals surface area contributed by atoms with Gasteiger partial charge in [-0.15, -0.1) is 0 Å². The van der Waals surface area contributed by atoms with Gasteiger partial charge in [0.2, 0.25) is 0 Å². The number of nitrogens with zero attached hydrogens (tertiary/aromatic N) is 2. The van der Waals surface area contributed by atoms with Crippen LogP contribution in [0.5, 0.6) is 0 Å². The molecule has 2 heteroatoms. The van der Waals surface area contributed by atoms with Gasteiger partial charge in [0.15, 0.2) is 0 Å². The van der Waals surface area contributed by atoms with Crippen LogP contribution in [0.2, 0.25) is 0 Å². The van der Waals surface area contributed by atoms with E-state index in [0.717, 1.165) is 23.8 Å². The summed E-state index contributed by atoms with van der Waals surface area (Å²) in [5, 5.41) is 0. The summed E-state index contributed by atoms with van der Waals surface area (Å²) < 4.78 is 0. The van der Waals surface area contributed by atoms with Gasteiger partial charge in [-0.25, -0.2) is 0 Å². The first kappa shape index (κ1) is 9.90. The van der Waals surface area contributed by atoms with E-state index in [1.807, 2.05) is 0 Å². The third-order valence-corrected chi connectivity index (χ3v) is 5.89. The molecule has 6 saturated heterocycles. The maximum Gasteiger partial charge on any atom is 0.0141 e. The predicted molar refractivity (Wildman–Crippen MR) is 65.4 cm³/mol. The molecular formula is C14H24N2. The molecule has 2 unspecified atom stereocenters. The van der Waals surface area contributed by atoms with Gasteiger partial charge < -0.3 is 9.80 Å². The lowest BCUT2D eigenvalue weighted by molar-refractivity contribution is -0.0503. The number of piperidine rings is 6. The molecule has 0 saturated carbocycles. The van der Waals surface area contributed by atoms with Crippen LogP contribution in [-0.4, -0.2) is 48.6 Å². The van der Waals surface area contributed by atoms with Gasteiger partial charge in [-0.3, -0.25) is 0 Å². The molecule has 6 rings (SSSR count). The highest BCUT2D eigenvalue weighted by Crippen LogP contribution is 2.42. The van der Waals surface area contributed by atoms with Crippen molar-refractivity contribution < 1.29 is 0 Å². The van der Waals surface area contributed by atoms with E-state index in [2.05, 4.69) is 9.80 Å². The van der Waals surface area contributed by atoms with Crippen LogP contribution in [0.4, 0.5) is 0 Å². The topological polar surface area (TPSA) is 6.48 Å². The fraction of sp³-hybridized carbons (Fsp3) is 1.00. The minimum absolute atomic E-state index is 0.973. The molecular weight excluding hydrogens is 196 g/mol. The third kappa shape index (κ3) is 1.46. The molecule has 6 aliphatic heterocycles. The summed E-state index contributed by atoms with van der Waals surface area (Å²) in [7, 11) is 0. The normalized spacial score (nSPS) is 55.5. The maximum absolute atomic E-state index is 2.84. The van der Waals surface area contributed by atoms with Crippen LogP contribution in [0.1, 0.15) is 32.1 Å². The minimum atomic E-state index is 0.973. The van der Waals surface area contributed by atoms with E-state index in [9.17, 15) is 0 Å². The van der Waals surface area contributed by atoms with Gasteiger partial charge in [-0.05, 0) is 76.0 Å². The van der Waals surface area contributed by atoms with E-state index in [1.165, 1.54) is 64.8 Å². The van der Waals surface area contributed by atoms with Crippen LogP contribution in [0.15, 0.2) is 0 Å². The third-order valence-electron chi connectivity index (χ3n) is 5.89. The molecule has 0 N–H and O–H groups in total. The molecule has 4 bridgehead atoms. The van der Waals surface area contributed by atoms with Crippen molar-refractivity contribution in [2.45, 2.75) is 38.1 Å². The molecule has 6 aliphatic rings. The summed E-state index contributed by atoms with van der Waals surface area (Å²) in [6.45, 7) is 7.06. The van der Waals surface area contributed by atoms with Crippen molar-refractivity contribution in [1.82, 2.24) is 9.80 Å². The van der Waals surface area contributed by atoms with Crippen LogP contribution in [0.25, 0.3) is 0 Å². The summed E-state index contributed by atoms with van der Waals surface area (Å²) in [5.41, 5.74) is 0. The Morgan fingerprint density at radius 3 is 2.06 bits per heavy atom. The Balaban J connectivity index is 1.53. The first-order chi connectivity index (χ1) is 7.90. The monoisotopic (exact) mass is 220 g/mol. The molecule has 16 heavy (non-hydrogen) atoms. The molecule has 0 aliphatic carbocycles. The number of hydrogen-bond donors (Lipinski definition) is 0. The van der Waals surface area contributed by atoms with Gasteiger partial charge in [0.05, 0.1) is 0 Å². The summed E-state index contributed by atoms with van der Waals surface area (Å²) in [5.74, 6) is 3.20. The summed E-state index contributed by atoms with van der Waals surface area (Å²) in [6.07, 6.45) is 7.53. The number of rotatable bonds is 1. The fourth-order valence-corrected chi connectivity index (χ4v) is 4.90. The zero-order chi connectivity index (χ0) is 10.5. The van der Waals surface area contributed by atoms with Crippen molar-refractivity contribution in [3.05, 3.63) is 0 Å². The molecule has 0 aromatic heterocycles. The second-order valence-electron chi connectivity index (χ2n) is 6.58. The first-order valence-electron chi connectivity index (χ1n) is 7.36. The van der Waals surface area contributed by atoms with Crippen LogP contribution in [0.3, 0.4) is 0 Å². The van der Waals surface area contributed by atoms with Gasteiger partial charge in [-0.2, -0.15) is 0 Å². The number of hydrogen-bond acceptors (Lipinski definition) is 2. The van der Waals surface area contributed by atoms with Crippen molar-refractivity contribution in [2.24, 2.45) is 17.8 Å². The van der Waals surface area contributed by atoms with E-state index in [4.69, 9.17) is 0 Å². The van der Waals surface area contributed by atoms with Crippen molar-refractivity contribution in [1.29, 1.82) is 0 Å². The molecule has 0 radical (unpaired) electrons. The number of fused-ring (bicyclic) bond motifs is 7. The zero-order valence-corrected chi connectivity index (χ0v) is 10.3. The average molecular weight is 220 g/mol. The predicted octanol–water partition coefficient (Wildman–Crippen LogP) is 1.81. The smallest absolute Gasteiger partial charge is 0.0141 e. The molecule has 6 heterocycles. The Morgan fingerprint density at radius 2 is 1.56 bits per heavy atom. The van der Waals surface area contributed by atoms with Gasteiger partial charge in [0, 0.05) is 12.6 Å². The standard InChI is InChI=1S/C14H24N2/c1-7-16-8-2-11(1)9-14(16)13-10-15-5-3-12(13)4-6-15/h11-14H,1-10H2. The molecule has 0 spiro atoms. The lowest BCUT2D eigenvalue weighted by atomic mass is 9.69. The van der Waals surface area contributed by atoms with Crippen LogP contribution >= 0.6 is 0 Å². The van der Waals surface area contributed by atoms with Crippen LogP contribution in [-0.2, 0) is 0 Å². The highest BCUT2D eigenvalue weighted by molar-refractivity contribution is 4.98. The summed E-state index contributed by atoms with van der Waals surface area (Å²) >= 11 is 0. The van der Waals surface area contributed by atoms with Gasteiger partial charge in [-0.1, -0.05) is 0 Å². The zero-order valence-electron chi connectivity index (χ0n) is 10.3. The van der Waals surface area contributed by atoms with Crippen LogP contribution < -0.4 is 0 Å². The Kier molecular flexibility index (Phi) is 2.29. The van der Waals surface area contributed by atoms with Crippen molar-refractivity contribution in [3.8, 4) is 0 Å². The molecule has 6 fully saturated rings. The van der Waals surface area contributed by atoms with Crippen molar-refractivity contribution >= 4 is 0 Å². The first-order valence-corrected chi connectivity index (χ1v) is 7.36. The fourth-order valence-electron chi connectivity index (χ4n) is 4.90. The molecule has 90 valence electrons. The lowest BCUT2D eigenvalue weighted by Gasteiger charge is -2.55. The minimum Gasteiger partial charge on any atom is -0.303 e. The van der Waals surface area contributed by atoms with E-state index in [-0.39, 0.29) is 0 Å². The van der Waals surface area contributed by atoms with Gasteiger partial charge >= 0.3 is 0 Å². The van der Waals surface area contributed by atoms with Gasteiger partial charge in [0.25, 0.3) is 0 Å². The van der Waals surface area contributed by atoms with Gasteiger partial charge in [0.1, 0.15) is 0 Å². The largest absolute Gasteiger partial charge is 0.303 e. The molecule has 0 aromatic rings. The quantitative estimate of drug-likeness (QED) is 0.665. The van der Waals surface area contributed by atoms with E-state index in [0.29, 0.717) is 0 Å². The molecule has 0 amide bonds. The molecule has 2 atom stereocenters. The molecule has 2 nitrogen and oxygen atoms in total. The summed E-state index contributed by atoms with van der Waals surface area (Å²) in [4.78, 5) is 5.57. The van der Waals surface area contributed by atoms with Crippen molar-refractivity contribution in [3.63, 3.8) is 0 Å². The summed E-state index contributed by atoms with van der Waals surface area (Å²) in [6, 6.07) is 0.973. The molecule has 0 aromatic carbocycles. The maximum atomic E-state index is 2.84. The Hall–Kier alpha value is -0.0800. The Bertz CT molecular complexity index is 234. The van der Waals surface area contributed by atoms with E-state index >= 15 is 0 Å². The highest BCUT2D eigenvalue weighted by atomic mass is 15.2. The van der Waals surface area contributed by atoms with E-state index in [1.54, 1.807) is 0 Å². The highest BCUT2D eigenvalue weighted by Gasteiger charge is 2.44. The Morgan fingerprint density at radius 1 is 0.812 bits per heavy atom. The Labute approximate surface area is 99.0 Å². The second kappa shape index (κ2) is 3.71. The van der Waals surface area contributed by atoms with E-state index < -0.39 is 0 Å². The van der Waals surface area contributed by atoms with Crippen molar-refractivity contribution in [2.75, 3.05) is 32.7 Å². The average Bonchev–Trinajstić information content (AvgIpc) is 2.41. The second-order valence-corrected chi connectivity index (χ2v) is 6.58.